The third-order valence-corrected chi connectivity index (χ3v) is 3.83. The third-order valence-electron chi connectivity index (χ3n) is 3.83. The van der Waals surface area contributed by atoms with Crippen molar-refractivity contribution in [2.24, 2.45) is 0 Å². The molecule has 3 rings (SSSR count). The first-order valence-corrected chi connectivity index (χ1v) is 8.54. The maximum Gasteiger partial charge on any atom is 0.311 e. The number of para-hydroxylation sites is 1. The largest absolute Gasteiger partial charge is 0.491 e. The second-order valence-corrected chi connectivity index (χ2v) is 6.25. The predicted molar refractivity (Wildman–Crippen MR) is 103 cm³/mol. The molecule has 0 fully saturated rings. The minimum absolute atomic E-state index is 0.136. The van der Waals surface area contributed by atoms with Crippen molar-refractivity contribution in [2.45, 2.75) is 26.4 Å². The van der Waals surface area contributed by atoms with Crippen molar-refractivity contribution in [3.8, 4) is 5.75 Å². The molecule has 5 heteroatoms. The Morgan fingerprint density at radius 3 is 2.54 bits per heavy atom. The molecule has 26 heavy (non-hydrogen) atoms. The monoisotopic (exact) mass is 350 g/mol. The molecule has 0 unspecified atom stereocenters. The fourth-order valence-electron chi connectivity index (χ4n) is 2.69. The van der Waals surface area contributed by atoms with Crippen LogP contribution >= 0.6 is 0 Å². The van der Waals surface area contributed by atoms with Crippen molar-refractivity contribution in [1.29, 1.82) is 0 Å². The molecule has 0 spiro atoms. The van der Waals surface area contributed by atoms with Gasteiger partial charge in [0.1, 0.15) is 5.75 Å². The Bertz CT molecular complexity index is 905. The van der Waals surface area contributed by atoms with Gasteiger partial charge in [-0.15, -0.1) is 0 Å². The summed E-state index contributed by atoms with van der Waals surface area (Å²) in [5.41, 5.74) is 3.32. The van der Waals surface area contributed by atoms with Crippen LogP contribution in [0.15, 0.2) is 54.6 Å². The third kappa shape index (κ3) is 4.30. The molecule has 1 aromatic heterocycles. The van der Waals surface area contributed by atoms with E-state index in [4.69, 9.17) is 9.47 Å². The van der Waals surface area contributed by atoms with Gasteiger partial charge in [0, 0.05) is 16.8 Å². The van der Waals surface area contributed by atoms with E-state index in [0.29, 0.717) is 5.69 Å². The first-order valence-electron chi connectivity index (χ1n) is 8.54. The lowest BCUT2D eigenvalue weighted by Crippen LogP contribution is -2.07. The first kappa shape index (κ1) is 17.7. The SMILES string of the molecule is COC(=O)Cc1cc(Nc2ccc(OC(C)C)cc2)c2ccccc2n1. The highest BCUT2D eigenvalue weighted by Gasteiger charge is 2.10. The Morgan fingerprint density at radius 1 is 1.12 bits per heavy atom. The summed E-state index contributed by atoms with van der Waals surface area (Å²) in [5, 5.41) is 4.40. The summed E-state index contributed by atoms with van der Waals surface area (Å²) in [7, 11) is 1.38. The number of esters is 1. The van der Waals surface area contributed by atoms with E-state index in [2.05, 4.69) is 10.3 Å². The highest BCUT2D eigenvalue weighted by molar-refractivity contribution is 5.93. The van der Waals surface area contributed by atoms with Crippen molar-refractivity contribution < 1.29 is 14.3 Å². The standard InChI is InChI=1S/C21H22N2O3/c1-14(2)26-17-10-8-15(9-11-17)22-20-12-16(13-21(24)25-3)23-19-7-5-4-6-18(19)20/h4-12,14H,13H2,1-3H3,(H,22,23). The van der Waals surface area contributed by atoms with Gasteiger partial charge in [-0.25, -0.2) is 0 Å². The van der Waals surface area contributed by atoms with Gasteiger partial charge >= 0.3 is 5.97 Å². The molecule has 5 nitrogen and oxygen atoms in total. The van der Waals surface area contributed by atoms with E-state index in [0.717, 1.165) is 28.0 Å². The topological polar surface area (TPSA) is 60.5 Å². The minimum atomic E-state index is -0.311. The van der Waals surface area contributed by atoms with Crippen molar-refractivity contribution in [3.63, 3.8) is 0 Å². The van der Waals surface area contributed by atoms with Crippen LogP contribution in [0.25, 0.3) is 10.9 Å². The van der Waals surface area contributed by atoms with Crippen LogP contribution in [0, 0.1) is 0 Å². The number of fused-ring (bicyclic) bond motifs is 1. The molecule has 0 atom stereocenters. The molecule has 0 radical (unpaired) electrons. The molecule has 0 bridgehead atoms. The normalized spacial score (nSPS) is 10.8. The Kier molecular flexibility index (Phi) is 5.37. The van der Waals surface area contributed by atoms with Gasteiger partial charge in [0.05, 0.1) is 30.8 Å². The maximum atomic E-state index is 11.6. The highest BCUT2D eigenvalue weighted by atomic mass is 16.5. The Morgan fingerprint density at radius 2 is 1.85 bits per heavy atom. The smallest absolute Gasteiger partial charge is 0.311 e. The fraction of sp³-hybridized carbons (Fsp3) is 0.238. The summed E-state index contributed by atoms with van der Waals surface area (Å²) in [6, 6.07) is 17.5. The molecule has 3 aromatic rings. The Hall–Kier alpha value is -3.08. The summed E-state index contributed by atoms with van der Waals surface area (Å²) in [6.07, 6.45) is 0.274. The van der Waals surface area contributed by atoms with Crippen molar-refractivity contribution in [3.05, 3.63) is 60.3 Å². The lowest BCUT2D eigenvalue weighted by Gasteiger charge is -2.13. The zero-order chi connectivity index (χ0) is 18.5. The van der Waals surface area contributed by atoms with E-state index in [1.165, 1.54) is 7.11 Å². The van der Waals surface area contributed by atoms with Gasteiger partial charge in [-0.2, -0.15) is 0 Å². The zero-order valence-corrected chi connectivity index (χ0v) is 15.2. The van der Waals surface area contributed by atoms with Crippen molar-refractivity contribution >= 4 is 28.2 Å². The number of anilines is 2. The van der Waals surface area contributed by atoms with Crippen molar-refractivity contribution in [1.82, 2.24) is 4.98 Å². The van der Waals surface area contributed by atoms with Gasteiger partial charge < -0.3 is 14.8 Å². The summed E-state index contributed by atoms with van der Waals surface area (Å²) >= 11 is 0. The fourth-order valence-corrected chi connectivity index (χ4v) is 2.69. The van der Waals surface area contributed by atoms with Gasteiger partial charge in [-0.05, 0) is 50.2 Å². The van der Waals surface area contributed by atoms with Crippen LogP contribution in [0.5, 0.6) is 5.75 Å². The number of pyridine rings is 1. The molecule has 1 heterocycles. The van der Waals surface area contributed by atoms with Crippen LogP contribution in [-0.4, -0.2) is 24.2 Å². The summed E-state index contributed by atoms with van der Waals surface area (Å²) in [6.45, 7) is 4.00. The lowest BCUT2D eigenvalue weighted by atomic mass is 10.1. The average molecular weight is 350 g/mol. The molecule has 0 aliphatic heterocycles. The van der Waals surface area contributed by atoms with E-state index in [1.807, 2.05) is 68.4 Å². The van der Waals surface area contributed by atoms with Crippen LogP contribution in [-0.2, 0) is 16.0 Å². The van der Waals surface area contributed by atoms with Crippen LogP contribution in [0.1, 0.15) is 19.5 Å². The molecule has 0 amide bonds. The second kappa shape index (κ2) is 7.87. The van der Waals surface area contributed by atoms with Gasteiger partial charge in [-0.1, -0.05) is 18.2 Å². The number of rotatable bonds is 6. The average Bonchev–Trinajstić information content (AvgIpc) is 2.63. The molecule has 2 aromatic carbocycles. The minimum Gasteiger partial charge on any atom is -0.491 e. The summed E-state index contributed by atoms with van der Waals surface area (Å²) in [4.78, 5) is 16.2. The zero-order valence-electron chi connectivity index (χ0n) is 15.2. The highest BCUT2D eigenvalue weighted by Crippen LogP contribution is 2.28. The number of nitrogens with one attached hydrogen (secondary N) is 1. The number of aromatic nitrogens is 1. The Labute approximate surface area is 153 Å². The number of methoxy groups -OCH3 is 1. The van der Waals surface area contributed by atoms with E-state index >= 15 is 0 Å². The van der Waals surface area contributed by atoms with E-state index in [9.17, 15) is 4.79 Å². The molecule has 0 aliphatic rings. The molecular weight excluding hydrogens is 328 g/mol. The molecule has 0 aliphatic carbocycles. The van der Waals surface area contributed by atoms with Crippen LogP contribution in [0.2, 0.25) is 0 Å². The number of benzene rings is 2. The molecule has 134 valence electrons. The number of nitrogens with zero attached hydrogens (tertiary/aromatic N) is 1. The summed E-state index contributed by atoms with van der Waals surface area (Å²) < 4.78 is 10.4. The van der Waals surface area contributed by atoms with Gasteiger partial charge in [0.2, 0.25) is 0 Å². The Balaban J connectivity index is 1.91. The van der Waals surface area contributed by atoms with Gasteiger partial charge in [0.25, 0.3) is 0 Å². The van der Waals surface area contributed by atoms with Crippen molar-refractivity contribution in [2.75, 3.05) is 12.4 Å². The molecule has 0 saturated heterocycles. The molecule has 1 N–H and O–H groups in total. The van der Waals surface area contributed by atoms with Crippen LogP contribution < -0.4 is 10.1 Å². The predicted octanol–water partition coefficient (Wildman–Crippen LogP) is 4.48. The summed E-state index contributed by atoms with van der Waals surface area (Å²) in [5.74, 6) is 0.519. The quantitative estimate of drug-likeness (QED) is 0.664. The first-order chi connectivity index (χ1) is 12.5. The maximum absolute atomic E-state index is 11.6. The number of hydrogen-bond donors (Lipinski definition) is 1. The van der Waals surface area contributed by atoms with Gasteiger partial charge in [-0.3, -0.25) is 9.78 Å². The number of ether oxygens (including phenoxy) is 2. The van der Waals surface area contributed by atoms with Crippen LogP contribution in [0.4, 0.5) is 11.4 Å². The molecule has 0 saturated carbocycles. The molecular formula is C21H22N2O3. The van der Waals surface area contributed by atoms with Gasteiger partial charge in [0.15, 0.2) is 0 Å². The van der Waals surface area contributed by atoms with E-state index in [-0.39, 0.29) is 18.5 Å². The lowest BCUT2D eigenvalue weighted by molar-refractivity contribution is -0.139. The second-order valence-electron chi connectivity index (χ2n) is 6.25. The number of carbonyl (C=O) groups excluding carboxylic acids is 1. The number of carbonyl (C=O) groups is 1. The van der Waals surface area contributed by atoms with E-state index in [1.54, 1.807) is 0 Å². The van der Waals surface area contributed by atoms with Crippen LogP contribution in [0.3, 0.4) is 0 Å². The van der Waals surface area contributed by atoms with E-state index < -0.39 is 0 Å². The number of hydrogen-bond acceptors (Lipinski definition) is 5.